The normalized spacial score (nSPS) is 14.3. The highest BCUT2D eigenvalue weighted by atomic mass is 16.2. The second-order valence-corrected chi connectivity index (χ2v) is 8.85. The minimum absolute atomic E-state index is 0.119. The first-order valence-corrected chi connectivity index (χ1v) is 12.2. The first kappa shape index (κ1) is 23.1. The Kier molecular flexibility index (Phi) is 6.04. The molecular weight excluding hydrogens is 476 g/mol. The van der Waals surface area contributed by atoms with E-state index in [0.29, 0.717) is 12.1 Å². The summed E-state index contributed by atoms with van der Waals surface area (Å²) in [5.41, 5.74) is 5.72. The van der Waals surface area contributed by atoms with E-state index in [1.807, 2.05) is 90.6 Å². The summed E-state index contributed by atoms with van der Waals surface area (Å²) in [5, 5.41) is 16.3. The van der Waals surface area contributed by atoms with Gasteiger partial charge in [-0.25, -0.2) is 14.8 Å². The summed E-state index contributed by atoms with van der Waals surface area (Å²) in [6.07, 6.45) is 9.79. The number of carbonyl (C=O) groups is 1. The summed E-state index contributed by atoms with van der Waals surface area (Å²) in [4.78, 5) is 17.6. The van der Waals surface area contributed by atoms with Gasteiger partial charge in [0.25, 0.3) is 0 Å². The Morgan fingerprint density at radius 2 is 1.89 bits per heavy atom. The molecule has 9 nitrogen and oxygen atoms in total. The molecule has 186 valence electrons. The summed E-state index contributed by atoms with van der Waals surface area (Å²) >= 11 is 0. The van der Waals surface area contributed by atoms with Crippen molar-refractivity contribution in [2.24, 2.45) is 12.1 Å². The first-order valence-electron chi connectivity index (χ1n) is 12.2. The van der Waals surface area contributed by atoms with Crippen LogP contribution in [0.25, 0.3) is 5.65 Å². The Labute approximate surface area is 219 Å². The summed E-state index contributed by atoms with van der Waals surface area (Å²) in [6, 6.07) is 20.9. The van der Waals surface area contributed by atoms with E-state index >= 15 is 0 Å². The largest absolute Gasteiger partial charge is 0.350 e. The Morgan fingerprint density at radius 1 is 1.00 bits per heavy atom. The number of carbonyl (C=O) groups excluding carboxylic acids is 1. The maximum absolute atomic E-state index is 13.0. The lowest BCUT2D eigenvalue weighted by Crippen LogP contribution is -2.31. The van der Waals surface area contributed by atoms with E-state index in [2.05, 4.69) is 37.7 Å². The van der Waals surface area contributed by atoms with Crippen LogP contribution in [0, 0.1) is 11.8 Å². The molecule has 4 heterocycles. The van der Waals surface area contributed by atoms with E-state index < -0.39 is 0 Å². The second kappa shape index (κ2) is 9.95. The smallest absolute Gasteiger partial charge is 0.342 e. The van der Waals surface area contributed by atoms with Crippen LogP contribution in [0.2, 0.25) is 0 Å². The number of urea groups is 1. The number of aromatic nitrogens is 4. The van der Waals surface area contributed by atoms with E-state index in [0.717, 1.165) is 33.8 Å². The van der Waals surface area contributed by atoms with Gasteiger partial charge in [0.15, 0.2) is 5.65 Å². The minimum Gasteiger partial charge on any atom is -0.350 e. The molecule has 2 aromatic carbocycles. The highest BCUT2D eigenvalue weighted by Crippen LogP contribution is 2.28. The van der Waals surface area contributed by atoms with E-state index in [-0.39, 0.29) is 12.1 Å². The zero-order valence-electron chi connectivity index (χ0n) is 20.6. The van der Waals surface area contributed by atoms with E-state index in [9.17, 15) is 4.79 Å². The lowest BCUT2D eigenvalue weighted by Gasteiger charge is -2.22. The Morgan fingerprint density at radius 3 is 2.74 bits per heavy atom. The molecule has 0 radical (unpaired) electrons. The van der Waals surface area contributed by atoms with Gasteiger partial charge in [-0.05, 0) is 41.8 Å². The number of hydrogen-bond donors (Lipinski definition) is 2. The molecule has 0 saturated carbocycles. The molecule has 1 aliphatic rings. The molecule has 6 rings (SSSR count). The number of hydrogen-bond acceptors (Lipinski definition) is 5. The van der Waals surface area contributed by atoms with Crippen molar-refractivity contribution in [3.63, 3.8) is 0 Å². The molecule has 1 aliphatic heterocycles. The number of benzene rings is 2. The lowest BCUT2D eigenvalue weighted by atomic mass is 10.1. The third-order valence-electron chi connectivity index (χ3n) is 6.19. The fraction of sp³-hybridized carbons (Fsp3) is 0.103. The average Bonchev–Trinajstić information content (AvgIpc) is 3.69. The van der Waals surface area contributed by atoms with Crippen molar-refractivity contribution in [1.29, 1.82) is 0 Å². The number of rotatable bonds is 4. The first-order chi connectivity index (χ1) is 18.6. The predicted octanol–water partition coefficient (Wildman–Crippen LogP) is 5.18. The average molecular weight is 501 g/mol. The van der Waals surface area contributed by atoms with Crippen molar-refractivity contribution in [2.45, 2.75) is 12.5 Å². The molecule has 0 aliphatic carbocycles. The molecule has 1 atom stereocenters. The maximum Gasteiger partial charge on any atom is 0.342 e. The SMILES string of the molecule is Cn1cc(Nc2cccn3c(C#Cc4cccc(NC(=O)N5N=CCC5c5ccccc5)c4)cnc23)cn1. The fourth-order valence-corrected chi connectivity index (χ4v) is 4.40. The summed E-state index contributed by atoms with van der Waals surface area (Å²) < 4.78 is 3.67. The fourth-order valence-electron chi connectivity index (χ4n) is 4.40. The van der Waals surface area contributed by atoms with E-state index in [4.69, 9.17) is 0 Å². The zero-order valence-corrected chi connectivity index (χ0v) is 20.6. The third kappa shape index (κ3) is 4.70. The van der Waals surface area contributed by atoms with Gasteiger partial charge in [0.2, 0.25) is 0 Å². The van der Waals surface area contributed by atoms with Gasteiger partial charge in [-0.1, -0.05) is 42.3 Å². The number of imidazole rings is 1. The van der Waals surface area contributed by atoms with Gasteiger partial charge < -0.3 is 10.6 Å². The Bertz CT molecular complexity index is 1710. The quantitative estimate of drug-likeness (QED) is 0.333. The van der Waals surface area contributed by atoms with Crippen LogP contribution >= 0.6 is 0 Å². The van der Waals surface area contributed by atoms with Crippen LogP contribution in [0.4, 0.5) is 21.9 Å². The van der Waals surface area contributed by atoms with Crippen molar-refractivity contribution >= 4 is 35.0 Å². The monoisotopic (exact) mass is 500 g/mol. The number of nitrogens with zero attached hydrogens (tertiary/aromatic N) is 6. The van der Waals surface area contributed by atoms with Crippen LogP contribution in [0.15, 0.2) is 96.6 Å². The van der Waals surface area contributed by atoms with Crippen molar-refractivity contribution in [1.82, 2.24) is 24.2 Å². The maximum atomic E-state index is 13.0. The minimum atomic E-state index is -0.284. The van der Waals surface area contributed by atoms with E-state index in [1.54, 1.807) is 23.3 Å². The molecular formula is C29H24N8O. The van der Waals surface area contributed by atoms with Gasteiger partial charge in [-0.3, -0.25) is 9.08 Å². The molecule has 2 amide bonds. The number of aryl methyl sites for hydroxylation is 1. The molecule has 9 heteroatoms. The van der Waals surface area contributed by atoms with Gasteiger partial charge in [0.05, 0.1) is 29.8 Å². The van der Waals surface area contributed by atoms with Crippen LogP contribution in [0.3, 0.4) is 0 Å². The van der Waals surface area contributed by atoms with Gasteiger partial charge >= 0.3 is 6.03 Å². The summed E-state index contributed by atoms with van der Waals surface area (Å²) in [5.74, 6) is 6.39. The molecule has 38 heavy (non-hydrogen) atoms. The zero-order chi connectivity index (χ0) is 25.9. The number of fused-ring (bicyclic) bond motifs is 1. The second-order valence-electron chi connectivity index (χ2n) is 8.85. The van der Waals surface area contributed by atoms with Crippen molar-refractivity contribution in [3.05, 3.63) is 108 Å². The molecule has 0 fully saturated rings. The van der Waals surface area contributed by atoms with Crippen LogP contribution < -0.4 is 10.6 Å². The van der Waals surface area contributed by atoms with Crippen molar-refractivity contribution in [2.75, 3.05) is 10.6 Å². The van der Waals surface area contributed by atoms with Gasteiger partial charge in [0.1, 0.15) is 5.69 Å². The van der Waals surface area contributed by atoms with Gasteiger partial charge in [-0.15, -0.1) is 0 Å². The number of hydrazone groups is 1. The highest BCUT2D eigenvalue weighted by molar-refractivity contribution is 5.91. The van der Waals surface area contributed by atoms with Crippen LogP contribution in [0.1, 0.15) is 29.3 Å². The number of nitrogens with one attached hydrogen (secondary N) is 2. The van der Waals surface area contributed by atoms with E-state index in [1.165, 1.54) is 5.01 Å². The predicted molar refractivity (Wildman–Crippen MR) is 147 cm³/mol. The van der Waals surface area contributed by atoms with Gasteiger partial charge in [-0.2, -0.15) is 10.2 Å². The molecule has 3 aromatic heterocycles. The van der Waals surface area contributed by atoms with Crippen molar-refractivity contribution < 1.29 is 4.79 Å². The molecule has 5 aromatic rings. The molecule has 0 spiro atoms. The molecule has 1 unspecified atom stereocenters. The highest BCUT2D eigenvalue weighted by Gasteiger charge is 2.28. The molecule has 2 N–H and O–H groups in total. The Balaban J connectivity index is 1.19. The topological polar surface area (TPSA) is 91.8 Å². The number of amides is 2. The number of anilines is 3. The van der Waals surface area contributed by atoms with Crippen LogP contribution in [0.5, 0.6) is 0 Å². The molecule has 0 bridgehead atoms. The van der Waals surface area contributed by atoms with Crippen LogP contribution in [-0.2, 0) is 7.05 Å². The van der Waals surface area contributed by atoms with Crippen molar-refractivity contribution in [3.8, 4) is 11.8 Å². The molecule has 0 saturated heterocycles. The summed E-state index contributed by atoms with van der Waals surface area (Å²) in [6.45, 7) is 0. The lowest BCUT2D eigenvalue weighted by molar-refractivity contribution is 0.200. The number of pyridine rings is 1. The van der Waals surface area contributed by atoms with Gasteiger partial charge in [0, 0.05) is 43.3 Å². The van der Waals surface area contributed by atoms with Crippen LogP contribution in [-0.4, -0.2) is 36.4 Å². The summed E-state index contributed by atoms with van der Waals surface area (Å²) in [7, 11) is 1.87. The third-order valence-corrected chi connectivity index (χ3v) is 6.19. The standard InChI is InChI=1S/C29H24N8O/c1-35-20-24(18-32-35)33-26-11-6-16-36-25(19-30-28(26)36)13-12-21-7-5-10-23(17-21)34-29(38)37-27(14-15-31-37)22-8-3-2-4-9-22/h2-11,15-20,27,33H,14H2,1H3,(H,34,38). The Hall–Kier alpha value is -5.36.